The van der Waals surface area contributed by atoms with Crippen molar-refractivity contribution in [3.63, 3.8) is 0 Å². The van der Waals surface area contributed by atoms with E-state index in [0.29, 0.717) is 0 Å². The van der Waals surface area contributed by atoms with E-state index < -0.39 is 0 Å². The zero-order valence-electron chi connectivity index (χ0n) is 19.8. The Balaban J connectivity index is 1.45. The molecule has 0 saturated carbocycles. The number of hydrogen-bond donors (Lipinski definition) is 0. The highest BCUT2D eigenvalue weighted by molar-refractivity contribution is 6.15. The highest BCUT2D eigenvalue weighted by Gasteiger charge is 2.17. The van der Waals surface area contributed by atoms with Crippen LogP contribution < -0.4 is 0 Å². The molecule has 0 aliphatic heterocycles. The van der Waals surface area contributed by atoms with Gasteiger partial charge in [0.1, 0.15) is 11.2 Å². The fraction of sp³-hybridized carbons (Fsp3) is 0. The average molecular weight is 473 g/mol. The van der Waals surface area contributed by atoms with Gasteiger partial charge in [-0.3, -0.25) is 0 Å². The first-order valence-electron chi connectivity index (χ1n) is 12.4. The number of para-hydroxylation sites is 1. The fourth-order valence-corrected chi connectivity index (χ4v) is 5.44. The Morgan fingerprint density at radius 2 is 1.16 bits per heavy atom. The lowest BCUT2D eigenvalue weighted by Gasteiger charge is -2.13. The van der Waals surface area contributed by atoms with Crippen LogP contribution >= 0.6 is 0 Å². The first-order chi connectivity index (χ1) is 18.3. The standard InChI is InChI=1S/C34H20N2O/c1-2-9-23(10-3-1)31-32(35-29-19-17-21-8-4-5-11-25(21)33(29)36-31)24-15-14-22-16-18-27-26-12-6-7-13-30(26)37-34(27)28(22)20-24/h1-20H. The van der Waals surface area contributed by atoms with Crippen LogP contribution in [0.25, 0.3) is 77.0 Å². The molecule has 0 saturated heterocycles. The van der Waals surface area contributed by atoms with Crippen LogP contribution in [-0.2, 0) is 0 Å². The van der Waals surface area contributed by atoms with Crippen molar-refractivity contribution in [2.45, 2.75) is 0 Å². The quantitative estimate of drug-likeness (QED) is 0.235. The van der Waals surface area contributed by atoms with E-state index in [1.807, 2.05) is 30.3 Å². The molecule has 2 aromatic heterocycles. The topological polar surface area (TPSA) is 38.9 Å². The van der Waals surface area contributed by atoms with Gasteiger partial charge in [0.2, 0.25) is 0 Å². The molecule has 0 aliphatic rings. The van der Waals surface area contributed by atoms with Crippen molar-refractivity contribution in [1.29, 1.82) is 0 Å². The molecule has 0 amide bonds. The molecule has 0 radical (unpaired) electrons. The molecule has 0 fully saturated rings. The van der Waals surface area contributed by atoms with Gasteiger partial charge in [0, 0.05) is 32.7 Å². The molecule has 8 rings (SSSR count). The lowest BCUT2D eigenvalue weighted by Crippen LogP contribution is -1.96. The molecule has 37 heavy (non-hydrogen) atoms. The minimum absolute atomic E-state index is 0.865. The number of nitrogens with zero attached hydrogens (tertiary/aromatic N) is 2. The van der Waals surface area contributed by atoms with Crippen LogP contribution in [0.1, 0.15) is 0 Å². The Kier molecular flexibility index (Phi) is 4.23. The lowest BCUT2D eigenvalue weighted by molar-refractivity contribution is 0.672. The van der Waals surface area contributed by atoms with Gasteiger partial charge < -0.3 is 4.42 Å². The Morgan fingerprint density at radius 3 is 2.08 bits per heavy atom. The van der Waals surface area contributed by atoms with Gasteiger partial charge in [-0.2, -0.15) is 0 Å². The second kappa shape index (κ2) is 7.74. The number of fused-ring (bicyclic) bond motifs is 8. The van der Waals surface area contributed by atoms with E-state index in [2.05, 4.69) is 91.0 Å². The number of hydrogen-bond acceptors (Lipinski definition) is 3. The molecule has 0 unspecified atom stereocenters. The molecule has 0 atom stereocenters. The molecule has 2 heterocycles. The highest BCUT2D eigenvalue weighted by Crippen LogP contribution is 2.38. The van der Waals surface area contributed by atoms with Crippen molar-refractivity contribution >= 4 is 54.5 Å². The van der Waals surface area contributed by atoms with Crippen molar-refractivity contribution in [2.24, 2.45) is 0 Å². The average Bonchev–Trinajstić information content (AvgIpc) is 3.36. The SMILES string of the molecule is c1ccc(-c2nc3c(ccc4ccccc43)nc2-c2ccc3ccc4c5ccccc5oc4c3c2)cc1. The van der Waals surface area contributed by atoms with Gasteiger partial charge in [0.15, 0.2) is 0 Å². The molecule has 172 valence electrons. The van der Waals surface area contributed by atoms with Crippen molar-refractivity contribution < 1.29 is 4.42 Å². The summed E-state index contributed by atoms with van der Waals surface area (Å²) in [5.41, 5.74) is 7.41. The molecular formula is C34H20N2O. The second-order valence-electron chi connectivity index (χ2n) is 9.42. The molecule has 0 bridgehead atoms. The molecular weight excluding hydrogens is 452 g/mol. The van der Waals surface area contributed by atoms with Crippen LogP contribution in [0.4, 0.5) is 0 Å². The molecule has 3 nitrogen and oxygen atoms in total. The van der Waals surface area contributed by atoms with E-state index in [1.165, 1.54) is 0 Å². The zero-order chi connectivity index (χ0) is 24.3. The van der Waals surface area contributed by atoms with Crippen LogP contribution in [0.5, 0.6) is 0 Å². The summed E-state index contributed by atoms with van der Waals surface area (Å²) in [6.07, 6.45) is 0. The first-order valence-corrected chi connectivity index (χ1v) is 12.4. The summed E-state index contributed by atoms with van der Waals surface area (Å²) in [7, 11) is 0. The van der Waals surface area contributed by atoms with E-state index >= 15 is 0 Å². The van der Waals surface area contributed by atoms with Gasteiger partial charge in [-0.15, -0.1) is 0 Å². The third-order valence-electron chi connectivity index (χ3n) is 7.24. The third kappa shape index (κ3) is 3.08. The monoisotopic (exact) mass is 472 g/mol. The molecule has 0 N–H and O–H groups in total. The van der Waals surface area contributed by atoms with Gasteiger partial charge in [-0.05, 0) is 35.0 Å². The van der Waals surface area contributed by atoms with Crippen molar-refractivity contribution in [3.8, 4) is 22.5 Å². The Labute approximate surface area is 212 Å². The molecule has 0 aliphatic carbocycles. The summed E-state index contributed by atoms with van der Waals surface area (Å²) in [6, 6.07) is 41.9. The van der Waals surface area contributed by atoms with Gasteiger partial charge in [-0.25, -0.2) is 9.97 Å². The van der Waals surface area contributed by atoms with Gasteiger partial charge in [0.05, 0.1) is 22.4 Å². The highest BCUT2D eigenvalue weighted by atomic mass is 16.3. The first kappa shape index (κ1) is 20.2. The van der Waals surface area contributed by atoms with Crippen LogP contribution in [0.15, 0.2) is 126 Å². The minimum Gasteiger partial charge on any atom is -0.455 e. The molecule has 6 aromatic carbocycles. The predicted molar refractivity (Wildman–Crippen MR) is 153 cm³/mol. The maximum absolute atomic E-state index is 6.35. The smallest absolute Gasteiger partial charge is 0.143 e. The Morgan fingerprint density at radius 1 is 0.459 bits per heavy atom. The summed E-state index contributed by atoms with van der Waals surface area (Å²) < 4.78 is 6.35. The normalized spacial score (nSPS) is 11.8. The second-order valence-corrected chi connectivity index (χ2v) is 9.42. The van der Waals surface area contributed by atoms with E-state index in [9.17, 15) is 0 Å². The summed E-state index contributed by atoms with van der Waals surface area (Å²) in [4.78, 5) is 10.4. The summed E-state index contributed by atoms with van der Waals surface area (Å²) in [5.74, 6) is 0. The molecule has 3 heteroatoms. The number of aromatic nitrogens is 2. The van der Waals surface area contributed by atoms with Crippen LogP contribution in [0.2, 0.25) is 0 Å². The van der Waals surface area contributed by atoms with Crippen molar-refractivity contribution in [2.75, 3.05) is 0 Å². The van der Waals surface area contributed by atoms with Crippen molar-refractivity contribution in [1.82, 2.24) is 9.97 Å². The molecule has 0 spiro atoms. The van der Waals surface area contributed by atoms with E-state index in [1.54, 1.807) is 0 Å². The number of benzene rings is 6. The summed E-state index contributed by atoms with van der Waals surface area (Å²) in [5, 5.41) is 6.74. The maximum Gasteiger partial charge on any atom is 0.143 e. The predicted octanol–water partition coefficient (Wildman–Crippen LogP) is 9.17. The van der Waals surface area contributed by atoms with E-state index in [-0.39, 0.29) is 0 Å². The van der Waals surface area contributed by atoms with E-state index in [4.69, 9.17) is 14.4 Å². The maximum atomic E-state index is 6.35. The minimum atomic E-state index is 0.865. The largest absolute Gasteiger partial charge is 0.455 e. The third-order valence-corrected chi connectivity index (χ3v) is 7.24. The van der Waals surface area contributed by atoms with E-state index in [0.717, 1.165) is 77.0 Å². The summed E-state index contributed by atoms with van der Waals surface area (Å²) in [6.45, 7) is 0. The van der Waals surface area contributed by atoms with Crippen molar-refractivity contribution in [3.05, 3.63) is 121 Å². The zero-order valence-corrected chi connectivity index (χ0v) is 19.8. The van der Waals surface area contributed by atoms with Crippen LogP contribution in [0, 0.1) is 0 Å². The van der Waals surface area contributed by atoms with Crippen LogP contribution in [0.3, 0.4) is 0 Å². The molecule has 8 aromatic rings. The number of furan rings is 1. The Hall–Kier alpha value is -5.02. The summed E-state index contributed by atoms with van der Waals surface area (Å²) >= 11 is 0. The van der Waals surface area contributed by atoms with Crippen LogP contribution in [-0.4, -0.2) is 9.97 Å². The number of rotatable bonds is 2. The van der Waals surface area contributed by atoms with Gasteiger partial charge in [-0.1, -0.05) is 97.1 Å². The fourth-order valence-electron chi connectivity index (χ4n) is 5.44. The Bertz CT molecular complexity index is 2140. The van der Waals surface area contributed by atoms with Gasteiger partial charge in [0.25, 0.3) is 0 Å². The van der Waals surface area contributed by atoms with Gasteiger partial charge >= 0.3 is 0 Å². The lowest BCUT2D eigenvalue weighted by atomic mass is 9.98.